The highest BCUT2D eigenvalue weighted by molar-refractivity contribution is 7.26. The minimum absolute atomic E-state index is 1.09. The predicted molar refractivity (Wildman–Crippen MR) is 270 cm³/mol. The zero-order valence-corrected chi connectivity index (χ0v) is 35.2. The second kappa shape index (κ2) is 15.5. The molecular formula is C60H40N2S. The third-order valence-electron chi connectivity index (χ3n) is 12.4. The van der Waals surface area contributed by atoms with Crippen molar-refractivity contribution in [2.45, 2.75) is 0 Å². The van der Waals surface area contributed by atoms with Crippen LogP contribution in [0.3, 0.4) is 0 Å². The van der Waals surface area contributed by atoms with Crippen molar-refractivity contribution in [2.24, 2.45) is 0 Å². The number of rotatable bonds is 8. The van der Waals surface area contributed by atoms with Gasteiger partial charge in [-0.05, 0) is 93.5 Å². The SMILES string of the molecule is c1ccc(-c2ccccc2-c2c(-c3ccccc3)cccc2N(c2cccc(-c3cccc4c3c3ccccc3n4-c3ccccc3)c2)c2cccc3c2sc2ccccc23)cc1. The first-order valence-corrected chi connectivity index (χ1v) is 22.3. The van der Waals surface area contributed by atoms with Crippen molar-refractivity contribution < 1.29 is 0 Å². The average molecular weight is 821 g/mol. The lowest BCUT2D eigenvalue weighted by Crippen LogP contribution is -2.12. The van der Waals surface area contributed by atoms with Crippen molar-refractivity contribution in [1.29, 1.82) is 0 Å². The highest BCUT2D eigenvalue weighted by Gasteiger charge is 2.25. The lowest BCUT2D eigenvalue weighted by molar-refractivity contribution is 1.18. The molecule has 2 nitrogen and oxygen atoms in total. The predicted octanol–water partition coefficient (Wildman–Crippen LogP) is 17.3. The molecule has 0 spiro atoms. The summed E-state index contributed by atoms with van der Waals surface area (Å²) in [5.74, 6) is 0. The van der Waals surface area contributed by atoms with E-state index in [2.05, 4.69) is 252 Å². The zero-order chi connectivity index (χ0) is 41.7. The number of hydrogen-bond donors (Lipinski definition) is 0. The van der Waals surface area contributed by atoms with Crippen LogP contribution in [0.2, 0.25) is 0 Å². The van der Waals surface area contributed by atoms with Crippen LogP contribution in [0.25, 0.3) is 92.2 Å². The van der Waals surface area contributed by atoms with Gasteiger partial charge in [0.25, 0.3) is 0 Å². The maximum Gasteiger partial charge on any atom is 0.0640 e. The maximum atomic E-state index is 2.53. The highest BCUT2D eigenvalue weighted by Crippen LogP contribution is 2.51. The fraction of sp³-hybridized carbons (Fsp3) is 0. The number of hydrogen-bond acceptors (Lipinski definition) is 2. The summed E-state index contributed by atoms with van der Waals surface area (Å²) in [4.78, 5) is 2.53. The van der Waals surface area contributed by atoms with Crippen molar-refractivity contribution in [3.05, 3.63) is 243 Å². The molecule has 2 heterocycles. The Morgan fingerprint density at radius 3 is 1.70 bits per heavy atom. The van der Waals surface area contributed by atoms with Gasteiger partial charge in [-0.1, -0.05) is 188 Å². The smallest absolute Gasteiger partial charge is 0.0640 e. The fourth-order valence-electron chi connectivity index (χ4n) is 9.68. The van der Waals surface area contributed by atoms with E-state index in [4.69, 9.17) is 0 Å². The molecule has 0 bridgehead atoms. The van der Waals surface area contributed by atoms with Gasteiger partial charge in [-0.3, -0.25) is 0 Å². The van der Waals surface area contributed by atoms with Gasteiger partial charge in [0.05, 0.1) is 27.1 Å². The molecule has 12 rings (SSSR count). The Kier molecular flexibility index (Phi) is 9.06. The summed E-state index contributed by atoms with van der Waals surface area (Å²) in [6, 6.07) is 88.5. The molecule has 0 saturated carbocycles. The molecule has 0 aliphatic carbocycles. The van der Waals surface area contributed by atoms with E-state index in [0.717, 1.165) is 28.3 Å². The second-order valence-electron chi connectivity index (χ2n) is 16.0. The van der Waals surface area contributed by atoms with Gasteiger partial charge in [0.2, 0.25) is 0 Å². The molecule has 0 aliphatic heterocycles. The summed E-state index contributed by atoms with van der Waals surface area (Å²) >= 11 is 1.87. The normalized spacial score (nSPS) is 11.5. The third kappa shape index (κ3) is 6.24. The van der Waals surface area contributed by atoms with E-state index in [0.29, 0.717) is 0 Å². The molecule has 296 valence electrons. The second-order valence-corrected chi connectivity index (χ2v) is 17.1. The van der Waals surface area contributed by atoms with Crippen LogP contribution in [0.5, 0.6) is 0 Å². The van der Waals surface area contributed by atoms with E-state index in [1.54, 1.807) is 0 Å². The summed E-state index contributed by atoms with van der Waals surface area (Å²) in [5, 5.41) is 5.02. The fourth-order valence-corrected chi connectivity index (χ4v) is 10.9. The summed E-state index contributed by atoms with van der Waals surface area (Å²) in [6.07, 6.45) is 0. The molecule has 10 aromatic carbocycles. The van der Waals surface area contributed by atoms with Gasteiger partial charge in [-0.25, -0.2) is 0 Å². The largest absolute Gasteiger partial charge is 0.309 e. The van der Waals surface area contributed by atoms with Gasteiger partial charge >= 0.3 is 0 Å². The summed E-state index contributed by atoms with van der Waals surface area (Å²) in [7, 11) is 0. The number of para-hydroxylation sites is 2. The minimum atomic E-state index is 1.09. The Balaban J connectivity index is 1.16. The van der Waals surface area contributed by atoms with Crippen LogP contribution in [0, 0.1) is 0 Å². The van der Waals surface area contributed by atoms with Gasteiger partial charge in [0.1, 0.15) is 0 Å². The standard InChI is InChI=1S/C60H40N2S/c1-4-20-41(21-5-1)46-28-10-11-30-50(46)58-47(42-22-6-2-7-23-42)32-17-36-54(58)62(56-38-19-34-51-49-29-13-15-39-57(49)63-60(51)56)45-27-16-24-43(40-45)48-33-18-37-55-59(48)52-31-12-14-35-53(52)61(55)44-25-8-3-9-26-44/h1-40H. The molecule has 63 heavy (non-hydrogen) atoms. The summed E-state index contributed by atoms with van der Waals surface area (Å²) in [5.41, 5.74) is 16.3. The molecule has 0 aliphatic rings. The first-order valence-electron chi connectivity index (χ1n) is 21.5. The number of fused-ring (bicyclic) bond motifs is 6. The van der Waals surface area contributed by atoms with E-state index in [-0.39, 0.29) is 0 Å². The Morgan fingerprint density at radius 1 is 0.349 bits per heavy atom. The number of thiophene rings is 1. The quantitative estimate of drug-likeness (QED) is 0.148. The molecule has 2 aromatic heterocycles. The lowest BCUT2D eigenvalue weighted by atomic mass is 9.87. The van der Waals surface area contributed by atoms with Crippen LogP contribution in [0.4, 0.5) is 17.1 Å². The van der Waals surface area contributed by atoms with Crippen LogP contribution in [-0.4, -0.2) is 4.57 Å². The van der Waals surface area contributed by atoms with Crippen LogP contribution in [-0.2, 0) is 0 Å². The topological polar surface area (TPSA) is 8.17 Å². The average Bonchev–Trinajstić information content (AvgIpc) is 3.92. The molecule has 0 fully saturated rings. The zero-order valence-electron chi connectivity index (χ0n) is 34.4. The van der Waals surface area contributed by atoms with Crippen LogP contribution in [0.15, 0.2) is 243 Å². The van der Waals surface area contributed by atoms with Crippen molar-refractivity contribution in [3.63, 3.8) is 0 Å². The Morgan fingerprint density at radius 2 is 0.889 bits per heavy atom. The first-order chi connectivity index (χ1) is 31.3. The van der Waals surface area contributed by atoms with Gasteiger partial charge in [0.15, 0.2) is 0 Å². The Hall–Kier alpha value is -7.98. The molecule has 0 unspecified atom stereocenters. The van der Waals surface area contributed by atoms with Gasteiger partial charge in [0, 0.05) is 43.2 Å². The van der Waals surface area contributed by atoms with Crippen LogP contribution >= 0.6 is 11.3 Å². The van der Waals surface area contributed by atoms with Gasteiger partial charge in [-0.15, -0.1) is 11.3 Å². The van der Waals surface area contributed by atoms with Crippen molar-refractivity contribution in [3.8, 4) is 50.2 Å². The third-order valence-corrected chi connectivity index (χ3v) is 13.6. The molecule has 12 aromatic rings. The summed E-state index contributed by atoms with van der Waals surface area (Å²) < 4.78 is 4.94. The van der Waals surface area contributed by atoms with Crippen molar-refractivity contribution >= 4 is 70.4 Å². The van der Waals surface area contributed by atoms with Gasteiger partial charge in [-0.2, -0.15) is 0 Å². The Labute approximate surface area is 370 Å². The molecule has 0 saturated heterocycles. The molecule has 0 amide bonds. The first kappa shape index (κ1) is 36.8. The number of aromatic nitrogens is 1. The lowest BCUT2D eigenvalue weighted by Gasteiger charge is -2.30. The molecular weight excluding hydrogens is 781 g/mol. The van der Waals surface area contributed by atoms with E-state index in [9.17, 15) is 0 Å². The highest BCUT2D eigenvalue weighted by atomic mass is 32.1. The van der Waals surface area contributed by atoms with E-state index in [1.165, 1.54) is 80.9 Å². The van der Waals surface area contributed by atoms with E-state index in [1.807, 2.05) is 11.3 Å². The molecule has 0 radical (unpaired) electrons. The van der Waals surface area contributed by atoms with Crippen molar-refractivity contribution in [1.82, 2.24) is 4.57 Å². The van der Waals surface area contributed by atoms with E-state index >= 15 is 0 Å². The summed E-state index contributed by atoms with van der Waals surface area (Å²) in [6.45, 7) is 0. The van der Waals surface area contributed by atoms with Crippen molar-refractivity contribution in [2.75, 3.05) is 4.90 Å². The van der Waals surface area contributed by atoms with Crippen LogP contribution < -0.4 is 4.90 Å². The number of nitrogens with zero attached hydrogens (tertiary/aromatic N) is 2. The monoisotopic (exact) mass is 820 g/mol. The van der Waals surface area contributed by atoms with E-state index < -0.39 is 0 Å². The number of benzene rings is 10. The number of anilines is 3. The Bertz CT molecular complexity index is 3620. The maximum absolute atomic E-state index is 2.53. The minimum Gasteiger partial charge on any atom is -0.309 e. The molecule has 0 atom stereocenters. The molecule has 0 N–H and O–H groups in total. The van der Waals surface area contributed by atoms with Crippen LogP contribution in [0.1, 0.15) is 0 Å². The van der Waals surface area contributed by atoms with Gasteiger partial charge < -0.3 is 9.47 Å². The molecule has 3 heteroatoms.